The molecule has 31 heteroatoms. The molecular formula is C47H63Br2N7O20P2. The molecule has 0 spiro atoms. The van der Waals surface area contributed by atoms with Crippen molar-refractivity contribution in [3.63, 3.8) is 0 Å². The van der Waals surface area contributed by atoms with E-state index in [1.54, 1.807) is 75.4 Å². The first-order chi connectivity index (χ1) is 36.5. The number of hydrogen-bond acceptors (Lipinski definition) is 23. The van der Waals surface area contributed by atoms with Crippen molar-refractivity contribution in [3.8, 4) is 11.5 Å². The first kappa shape index (κ1) is 66.7. The van der Waals surface area contributed by atoms with Gasteiger partial charge in [-0.2, -0.15) is 20.1 Å². The monoisotopic (exact) mass is 1270 g/mol. The van der Waals surface area contributed by atoms with Crippen molar-refractivity contribution < 1.29 is 84.4 Å². The molecular weight excluding hydrogens is 1200 g/mol. The number of anilines is 1. The van der Waals surface area contributed by atoms with Gasteiger partial charge in [0.25, 0.3) is 0 Å². The molecule has 0 amide bonds. The lowest BCUT2D eigenvalue weighted by molar-refractivity contribution is -0.159. The van der Waals surface area contributed by atoms with Crippen LogP contribution in [0.4, 0.5) is 5.82 Å². The molecule has 2 aliphatic rings. The molecule has 430 valence electrons. The number of nitrogen functional groups attached to an aromatic ring is 1. The minimum Gasteiger partial charge on any atom is -0.468 e. The van der Waals surface area contributed by atoms with Crippen LogP contribution in [0.5, 0.6) is 11.5 Å². The van der Waals surface area contributed by atoms with Gasteiger partial charge in [-0.15, -0.1) is 0 Å². The lowest BCUT2D eigenvalue weighted by atomic mass is 10.2. The fourth-order valence-electron chi connectivity index (χ4n) is 6.06. The van der Waals surface area contributed by atoms with Gasteiger partial charge in [0.05, 0.1) is 33.1 Å². The SMILES string of the molecule is C.CCC(=O)Cc1ccn([C@@H]2CO[C@H](COP(=O)(N[C@@H](C)C(=O)OC)Oc3ccc(Br)cc3)O2)c(=O)n1.CCC(=O)OC(=O)CC.COC(=O)[C@H](C)NP(=O)(OC[C@H]1OC[C@@H](n2ccc(N)nc2=O)O1)Oc1ccc(Br)cc1. The minimum atomic E-state index is -4.10. The second-order valence-electron chi connectivity index (χ2n) is 15.9. The van der Waals surface area contributed by atoms with E-state index in [1.165, 1.54) is 55.7 Å². The number of nitrogens with one attached hydrogen (secondary N) is 2. The molecule has 6 rings (SSSR count). The fraction of sp³-hybridized carbons (Fsp3) is 0.468. The summed E-state index contributed by atoms with van der Waals surface area (Å²) in [6.45, 7) is 7.31. The zero-order valence-electron chi connectivity index (χ0n) is 42.7. The van der Waals surface area contributed by atoms with Gasteiger partial charge in [0.2, 0.25) is 0 Å². The first-order valence-electron chi connectivity index (χ1n) is 23.3. The summed E-state index contributed by atoms with van der Waals surface area (Å²) in [6.07, 6.45) is 0.347. The van der Waals surface area contributed by atoms with Crippen LogP contribution in [0.3, 0.4) is 0 Å². The molecule has 4 N–H and O–H groups in total. The van der Waals surface area contributed by atoms with E-state index in [0.29, 0.717) is 12.1 Å². The standard InChI is InChI=1S/C22H27BrN3O9P.C18H22BrN4O8P.C6H10O3.CH4/c1-4-17(27)11-16-9-10-26(22(29)24-16)19-12-32-20(34-19)13-33-36(30,25-14(2)21(28)31-3)35-18-7-5-15(23)6-8-18;1-11(17(24)27-2)22-32(26,31-13-5-3-12(19)4-6-13)29-10-16-28-9-15(30-16)23-8-7-14(20)21-18(23)25;1-3-5(7)9-6(8)4-2;/h5-10,14,19-20H,4,11-13H2,1-3H3,(H,25,30);3-8,11,15-16H,9-10H2,1-2H3,(H,22,26)(H2,20,21,25);3-4H2,1-2H3;1H4/t14-,19-,20-,36?;11-,15-,16-,32?;;/m00../s1. The number of benzene rings is 2. The molecule has 0 bridgehead atoms. The van der Waals surface area contributed by atoms with Crippen LogP contribution in [-0.2, 0) is 81.7 Å². The molecule has 78 heavy (non-hydrogen) atoms. The van der Waals surface area contributed by atoms with E-state index >= 15 is 0 Å². The van der Waals surface area contributed by atoms with Gasteiger partial charge in [0.15, 0.2) is 25.0 Å². The predicted molar refractivity (Wildman–Crippen MR) is 284 cm³/mol. The number of carbonyl (C=O) groups is 5. The number of hydrogen-bond donors (Lipinski definition) is 3. The number of aromatic nitrogens is 4. The van der Waals surface area contributed by atoms with E-state index in [-0.39, 0.29) is 76.2 Å². The number of esters is 4. The summed E-state index contributed by atoms with van der Waals surface area (Å²) in [5.74, 6) is -1.70. The summed E-state index contributed by atoms with van der Waals surface area (Å²) in [7, 11) is -5.75. The second kappa shape index (κ2) is 32.5. The van der Waals surface area contributed by atoms with Crippen LogP contribution in [0.15, 0.2) is 91.6 Å². The maximum Gasteiger partial charge on any atom is 0.459 e. The second-order valence-corrected chi connectivity index (χ2v) is 21.1. The lowest BCUT2D eigenvalue weighted by Gasteiger charge is -2.23. The van der Waals surface area contributed by atoms with E-state index in [2.05, 4.69) is 66.2 Å². The number of nitrogens with two attached hydrogens (primary N) is 1. The average Bonchev–Trinajstić information content (AvgIpc) is 4.09. The molecule has 2 aromatic heterocycles. The summed E-state index contributed by atoms with van der Waals surface area (Å²) in [4.78, 5) is 87.9. The Labute approximate surface area is 465 Å². The van der Waals surface area contributed by atoms with Crippen LogP contribution in [0.1, 0.15) is 79.5 Å². The minimum absolute atomic E-state index is 0. The Morgan fingerprint density at radius 2 is 1.09 bits per heavy atom. The van der Waals surface area contributed by atoms with Gasteiger partial charge >= 0.3 is 50.7 Å². The highest BCUT2D eigenvalue weighted by molar-refractivity contribution is 9.10. The number of ketones is 1. The molecule has 27 nitrogen and oxygen atoms in total. The summed E-state index contributed by atoms with van der Waals surface area (Å²) < 4.78 is 88.8. The van der Waals surface area contributed by atoms with E-state index in [0.717, 1.165) is 8.95 Å². The summed E-state index contributed by atoms with van der Waals surface area (Å²) in [5, 5.41) is 5.05. The third-order valence-electron chi connectivity index (χ3n) is 10.1. The maximum atomic E-state index is 13.4. The highest BCUT2D eigenvalue weighted by atomic mass is 79.9. The highest BCUT2D eigenvalue weighted by Crippen LogP contribution is 2.47. The number of ether oxygens (including phenoxy) is 7. The quantitative estimate of drug-likeness (QED) is 0.0328. The maximum absolute atomic E-state index is 13.4. The predicted octanol–water partition coefficient (Wildman–Crippen LogP) is 6.08. The first-order valence-corrected chi connectivity index (χ1v) is 28.0. The molecule has 0 radical (unpaired) electrons. The Balaban J connectivity index is 0.000000352. The number of methoxy groups -OCH3 is 2. The summed E-state index contributed by atoms with van der Waals surface area (Å²) in [6, 6.07) is 14.1. The zero-order valence-corrected chi connectivity index (χ0v) is 47.7. The molecule has 0 aliphatic carbocycles. The van der Waals surface area contributed by atoms with Gasteiger partial charge in [0, 0.05) is 47.0 Å². The van der Waals surface area contributed by atoms with E-state index in [4.69, 9.17) is 42.8 Å². The van der Waals surface area contributed by atoms with E-state index in [9.17, 15) is 42.7 Å². The van der Waals surface area contributed by atoms with E-state index in [1.807, 2.05) is 0 Å². The van der Waals surface area contributed by atoms with Crippen molar-refractivity contribution in [1.29, 1.82) is 0 Å². The number of Topliss-reactive ketones (excluding diaryl/α,β-unsaturated/α-hetero) is 1. The summed E-state index contributed by atoms with van der Waals surface area (Å²) in [5.41, 5.74) is 4.67. The molecule has 2 saturated heterocycles. The molecule has 2 aliphatic heterocycles. The fourth-order valence-corrected chi connectivity index (χ4v) is 9.54. The Morgan fingerprint density at radius 3 is 1.46 bits per heavy atom. The van der Waals surface area contributed by atoms with Crippen molar-refractivity contribution >= 4 is 82.8 Å². The molecule has 4 heterocycles. The van der Waals surface area contributed by atoms with Crippen molar-refractivity contribution in [2.24, 2.45) is 0 Å². The van der Waals surface area contributed by atoms with Crippen LogP contribution in [0.2, 0.25) is 0 Å². The largest absolute Gasteiger partial charge is 0.468 e. The number of rotatable bonds is 23. The Kier molecular flexibility index (Phi) is 27.8. The molecule has 2 fully saturated rings. The van der Waals surface area contributed by atoms with Crippen molar-refractivity contribution in [2.75, 3.05) is 46.4 Å². The normalized spacial score (nSPS) is 18.8. The number of carbonyl (C=O) groups excluding carboxylic acids is 5. The Hall–Kier alpha value is -5.55. The van der Waals surface area contributed by atoms with Crippen LogP contribution in [-0.4, -0.2) is 114 Å². The van der Waals surface area contributed by atoms with Gasteiger partial charge in [-0.3, -0.25) is 42.2 Å². The Bertz CT molecular complexity index is 2830. The van der Waals surface area contributed by atoms with E-state index < -0.39 is 87.9 Å². The van der Waals surface area contributed by atoms with Crippen LogP contribution in [0, 0.1) is 0 Å². The van der Waals surface area contributed by atoms with Crippen molar-refractivity contribution in [2.45, 2.75) is 105 Å². The zero-order chi connectivity index (χ0) is 56.9. The van der Waals surface area contributed by atoms with Gasteiger partial charge in [-0.25, -0.2) is 18.7 Å². The molecule has 0 saturated carbocycles. The number of nitrogens with zero attached hydrogens (tertiary/aromatic N) is 4. The van der Waals surface area contributed by atoms with Crippen molar-refractivity contribution in [1.82, 2.24) is 29.3 Å². The summed E-state index contributed by atoms with van der Waals surface area (Å²) >= 11 is 6.61. The lowest BCUT2D eigenvalue weighted by Crippen LogP contribution is -2.35. The van der Waals surface area contributed by atoms with Crippen LogP contribution >= 0.6 is 47.4 Å². The third kappa shape index (κ3) is 21.9. The number of halogens is 2. The molecule has 4 aromatic rings. The third-order valence-corrected chi connectivity index (χ3v) is 14.4. The van der Waals surface area contributed by atoms with Gasteiger partial charge < -0.3 is 47.9 Å². The van der Waals surface area contributed by atoms with Crippen molar-refractivity contribution in [3.05, 3.63) is 109 Å². The molecule has 2 aromatic carbocycles. The molecule has 2 unspecified atom stereocenters. The van der Waals surface area contributed by atoms with Crippen LogP contribution < -0.4 is 36.3 Å². The average molecular weight is 1270 g/mol. The van der Waals surface area contributed by atoms with Gasteiger partial charge in [-0.1, -0.05) is 60.1 Å². The van der Waals surface area contributed by atoms with Crippen LogP contribution in [0.25, 0.3) is 0 Å². The van der Waals surface area contributed by atoms with Gasteiger partial charge in [-0.05, 0) is 74.5 Å². The topological polar surface area (TPSA) is 341 Å². The highest BCUT2D eigenvalue weighted by Gasteiger charge is 2.38. The van der Waals surface area contributed by atoms with Gasteiger partial charge in [0.1, 0.15) is 48.4 Å². The Morgan fingerprint density at radius 1 is 0.679 bits per heavy atom. The molecule has 8 atom stereocenters. The smallest absolute Gasteiger partial charge is 0.459 e.